The van der Waals surface area contributed by atoms with Gasteiger partial charge >= 0.3 is 0 Å². The molecule has 0 unspecified atom stereocenters. The van der Waals surface area contributed by atoms with Gasteiger partial charge in [-0.2, -0.15) is 0 Å². The molecule has 1 aliphatic heterocycles. The van der Waals surface area contributed by atoms with Crippen molar-refractivity contribution in [3.63, 3.8) is 0 Å². The Balaban J connectivity index is 1.55. The summed E-state index contributed by atoms with van der Waals surface area (Å²) in [5.41, 5.74) is 3.83. The highest BCUT2D eigenvalue weighted by Crippen LogP contribution is 2.24. The molecule has 3 rings (SSSR count). The summed E-state index contributed by atoms with van der Waals surface area (Å²) in [6, 6.07) is 12.9. The number of carbonyl (C=O) groups excluding carboxylic acids is 1. The standard InChI is InChI=1S/C21H25FN2O/c1-15-6-5-7-16(2)20(15)23-21(25)17-10-12-24(13-11-17)14-18-8-3-4-9-19(18)22/h3-9,17H,10-14H2,1-2H3,(H,23,25). The number of likely N-dealkylation sites (tertiary alicyclic amines) is 1. The Labute approximate surface area is 148 Å². The molecule has 0 radical (unpaired) electrons. The third kappa shape index (κ3) is 4.26. The van der Waals surface area contributed by atoms with Crippen LogP contribution in [0.15, 0.2) is 42.5 Å². The minimum Gasteiger partial charge on any atom is -0.325 e. The first kappa shape index (κ1) is 17.6. The van der Waals surface area contributed by atoms with Crippen LogP contribution in [-0.2, 0) is 11.3 Å². The molecule has 132 valence electrons. The number of aryl methyl sites for hydroxylation is 2. The zero-order valence-electron chi connectivity index (χ0n) is 14.9. The molecule has 3 nitrogen and oxygen atoms in total. The van der Waals surface area contributed by atoms with E-state index in [0.29, 0.717) is 6.54 Å². The molecular weight excluding hydrogens is 315 g/mol. The molecule has 0 aromatic heterocycles. The summed E-state index contributed by atoms with van der Waals surface area (Å²) in [7, 11) is 0. The lowest BCUT2D eigenvalue weighted by atomic mass is 9.95. The first-order valence-corrected chi connectivity index (χ1v) is 8.87. The lowest BCUT2D eigenvalue weighted by molar-refractivity contribution is -0.121. The van der Waals surface area contributed by atoms with E-state index in [9.17, 15) is 9.18 Å². The number of halogens is 1. The molecule has 1 saturated heterocycles. The molecule has 1 fully saturated rings. The van der Waals surface area contributed by atoms with Crippen molar-refractivity contribution in [2.24, 2.45) is 5.92 Å². The lowest BCUT2D eigenvalue weighted by Gasteiger charge is -2.31. The van der Waals surface area contributed by atoms with Crippen molar-refractivity contribution in [1.29, 1.82) is 0 Å². The topological polar surface area (TPSA) is 32.3 Å². The van der Waals surface area contributed by atoms with Crippen molar-refractivity contribution in [3.05, 3.63) is 65.0 Å². The van der Waals surface area contributed by atoms with Gasteiger partial charge < -0.3 is 5.32 Å². The van der Waals surface area contributed by atoms with E-state index in [2.05, 4.69) is 10.2 Å². The fraction of sp³-hybridized carbons (Fsp3) is 0.381. The maximum atomic E-state index is 13.8. The molecule has 2 aromatic rings. The van der Waals surface area contributed by atoms with Crippen LogP contribution >= 0.6 is 0 Å². The molecule has 1 aliphatic rings. The van der Waals surface area contributed by atoms with Crippen LogP contribution in [-0.4, -0.2) is 23.9 Å². The number of nitrogens with zero attached hydrogens (tertiary/aromatic N) is 1. The Morgan fingerprint density at radius 2 is 1.72 bits per heavy atom. The Morgan fingerprint density at radius 3 is 2.36 bits per heavy atom. The number of para-hydroxylation sites is 1. The monoisotopic (exact) mass is 340 g/mol. The van der Waals surface area contributed by atoms with Crippen LogP contribution in [0.4, 0.5) is 10.1 Å². The van der Waals surface area contributed by atoms with Gasteiger partial charge in [0.25, 0.3) is 0 Å². The molecule has 0 saturated carbocycles. The molecule has 1 N–H and O–H groups in total. The van der Waals surface area contributed by atoms with E-state index in [0.717, 1.165) is 48.3 Å². The van der Waals surface area contributed by atoms with Gasteiger partial charge in [0.05, 0.1) is 0 Å². The maximum Gasteiger partial charge on any atom is 0.227 e. The van der Waals surface area contributed by atoms with Crippen molar-refractivity contribution in [3.8, 4) is 0 Å². The zero-order valence-corrected chi connectivity index (χ0v) is 14.9. The Morgan fingerprint density at radius 1 is 1.08 bits per heavy atom. The van der Waals surface area contributed by atoms with Gasteiger partial charge in [0.1, 0.15) is 5.82 Å². The van der Waals surface area contributed by atoms with E-state index >= 15 is 0 Å². The van der Waals surface area contributed by atoms with E-state index in [1.807, 2.05) is 44.2 Å². The summed E-state index contributed by atoms with van der Waals surface area (Å²) in [6.45, 7) is 6.27. The van der Waals surface area contributed by atoms with Crippen LogP contribution in [0.5, 0.6) is 0 Å². The van der Waals surface area contributed by atoms with E-state index in [4.69, 9.17) is 0 Å². The number of amides is 1. The van der Waals surface area contributed by atoms with Gasteiger partial charge in [0, 0.05) is 23.7 Å². The zero-order chi connectivity index (χ0) is 17.8. The van der Waals surface area contributed by atoms with Gasteiger partial charge in [0.2, 0.25) is 5.91 Å². The van der Waals surface area contributed by atoms with Gasteiger partial charge in [-0.15, -0.1) is 0 Å². The second-order valence-electron chi connectivity index (χ2n) is 6.90. The number of benzene rings is 2. The van der Waals surface area contributed by atoms with Crippen molar-refractivity contribution in [1.82, 2.24) is 4.90 Å². The Bertz CT molecular complexity index is 731. The van der Waals surface area contributed by atoms with Crippen LogP contribution < -0.4 is 5.32 Å². The largest absolute Gasteiger partial charge is 0.325 e. The first-order valence-electron chi connectivity index (χ1n) is 8.87. The number of carbonyl (C=O) groups is 1. The summed E-state index contributed by atoms with van der Waals surface area (Å²) in [6.07, 6.45) is 1.62. The summed E-state index contributed by atoms with van der Waals surface area (Å²) in [4.78, 5) is 14.8. The third-order valence-electron chi connectivity index (χ3n) is 5.04. The van der Waals surface area contributed by atoms with Crippen molar-refractivity contribution < 1.29 is 9.18 Å². The quantitative estimate of drug-likeness (QED) is 0.900. The minimum absolute atomic E-state index is 0.0240. The second kappa shape index (κ2) is 7.79. The number of rotatable bonds is 4. The molecule has 0 atom stereocenters. The van der Waals surface area contributed by atoms with Gasteiger partial charge in [-0.05, 0) is 57.0 Å². The number of hydrogen-bond acceptors (Lipinski definition) is 2. The second-order valence-corrected chi connectivity index (χ2v) is 6.90. The molecule has 2 aromatic carbocycles. The van der Waals surface area contributed by atoms with E-state index in [1.165, 1.54) is 6.07 Å². The predicted molar refractivity (Wildman–Crippen MR) is 98.9 cm³/mol. The van der Waals surface area contributed by atoms with Crippen molar-refractivity contribution in [2.75, 3.05) is 18.4 Å². The highest BCUT2D eigenvalue weighted by atomic mass is 19.1. The summed E-state index contributed by atoms with van der Waals surface area (Å²) >= 11 is 0. The maximum absolute atomic E-state index is 13.8. The summed E-state index contributed by atoms with van der Waals surface area (Å²) in [5, 5.41) is 3.10. The van der Waals surface area contributed by atoms with E-state index in [-0.39, 0.29) is 17.6 Å². The SMILES string of the molecule is Cc1cccc(C)c1NC(=O)C1CCN(Cc2ccccc2F)CC1. The number of anilines is 1. The number of nitrogens with one attached hydrogen (secondary N) is 1. The fourth-order valence-corrected chi connectivity index (χ4v) is 3.46. The van der Waals surface area contributed by atoms with Gasteiger partial charge in [-0.25, -0.2) is 4.39 Å². The van der Waals surface area contributed by atoms with Crippen LogP contribution in [0, 0.1) is 25.6 Å². The molecular formula is C21H25FN2O. The highest BCUT2D eigenvalue weighted by Gasteiger charge is 2.25. The average molecular weight is 340 g/mol. The number of piperidine rings is 1. The van der Waals surface area contributed by atoms with Crippen molar-refractivity contribution >= 4 is 11.6 Å². The average Bonchev–Trinajstić information content (AvgIpc) is 2.61. The molecule has 25 heavy (non-hydrogen) atoms. The Kier molecular flexibility index (Phi) is 5.49. The molecule has 1 amide bonds. The van der Waals surface area contributed by atoms with E-state index in [1.54, 1.807) is 6.07 Å². The van der Waals surface area contributed by atoms with Gasteiger partial charge in [-0.1, -0.05) is 36.4 Å². The van der Waals surface area contributed by atoms with Crippen LogP contribution in [0.2, 0.25) is 0 Å². The van der Waals surface area contributed by atoms with Gasteiger partial charge in [0.15, 0.2) is 0 Å². The molecule has 4 heteroatoms. The molecule has 0 spiro atoms. The highest BCUT2D eigenvalue weighted by molar-refractivity contribution is 5.94. The van der Waals surface area contributed by atoms with E-state index < -0.39 is 0 Å². The normalized spacial score (nSPS) is 16.0. The molecule has 1 heterocycles. The van der Waals surface area contributed by atoms with Crippen LogP contribution in [0.25, 0.3) is 0 Å². The molecule has 0 aliphatic carbocycles. The van der Waals surface area contributed by atoms with Gasteiger partial charge in [-0.3, -0.25) is 9.69 Å². The van der Waals surface area contributed by atoms with Crippen LogP contribution in [0.3, 0.4) is 0 Å². The predicted octanol–water partition coefficient (Wildman–Crippen LogP) is 4.29. The van der Waals surface area contributed by atoms with Crippen LogP contribution in [0.1, 0.15) is 29.5 Å². The first-order chi connectivity index (χ1) is 12.0. The third-order valence-corrected chi connectivity index (χ3v) is 5.04. The number of hydrogen-bond donors (Lipinski definition) is 1. The minimum atomic E-state index is -0.155. The Hall–Kier alpha value is -2.20. The van der Waals surface area contributed by atoms with Crippen molar-refractivity contribution in [2.45, 2.75) is 33.2 Å². The fourth-order valence-electron chi connectivity index (χ4n) is 3.46. The molecule has 0 bridgehead atoms. The lowest BCUT2D eigenvalue weighted by Crippen LogP contribution is -2.38. The summed E-state index contributed by atoms with van der Waals surface area (Å²) in [5.74, 6) is -0.0313. The summed E-state index contributed by atoms with van der Waals surface area (Å²) < 4.78 is 13.8. The smallest absolute Gasteiger partial charge is 0.227 e.